The van der Waals surface area contributed by atoms with Crippen molar-refractivity contribution in [1.29, 1.82) is 0 Å². The van der Waals surface area contributed by atoms with E-state index in [0.29, 0.717) is 12.6 Å². The number of pyridine rings is 1. The Bertz CT molecular complexity index is 534. The molecule has 0 spiro atoms. The second-order valence-corrected chi connectivity index (χ2v) is 7.20. The molecule has 23 heavy (non-hydrogen) atoms. The van der Waals surface area contributed by atoms with Gasteiger partial charge in [-0.3, -0.25) is 9.88 Å². The number of rotatable bonds is 4. The number of aromatic nitrogens is 1. The Labute approximate surface area is 141 Å². The molecule has 126 valence electrons. The summed E-state index contributed by atoms with van der Waals surface area (Å²) in [6, 6.07) is 4.56. The van der Waals surface area contributed by atoms with E-state index < -0.39 is 5.60 Å². The van der Waals surface area contributed by atoms with E-state index in [1.165, 1.54) is 18.4 Å². The molecular weight excluding hydrogens is 284 g/mol. The average Bonchev–Trinajstić information content (AvgIpc) is 2.55. The molecule has 0 aromatic carbocycles. The topological polar surface area (TPSA) is 36.4 Å². The van der Waals surface area contributed by atoms with Crippen LogP contribution in [0.25, 0.3) is 0 Å². The van der Waals surface area contributed by atoms with Crippen LogP contribution < -0.4 is 0 Å². The van der Waals surface area contributed by atoms with E-state index in [-0.39, 0.29) is 11.8 Å². The standard InChI is InChI=1S/C20H30N2O/c1-16(2)20(23,17(3)4)11-8-14-22-13-6-5-10-19(22)18-9-7-12-21-15-18/h7,9,12,15-17,19,23H,5-6,10,13-14H2,1-4H3. The highest BCUT2D eigenvalue weighted by atomic mass is 16.3. The molecule has 0 bridgehead atoms. The highest BCUT2D eigenvalue weighted by Crippen LogP contribution is 2.30. The molecule has 1 saturated heterocycles. The zero-order chi connectivity index (χ0) is 16.9. The van der Waals surface area contributed by atoms with Gasteiger partial charge in [-0.2, -0.15) is 0 Å². The summed E-state index contributed by atoms with van der Waals surface area (Å²) in [7, 11) is 0. The Morgan fingerprint density at radius 3 is 2.65 bits per heavy atom. The summed E-state index contributed by atoms with van der Waals surface area (Å²) in [6.45, 7) is 9.92. The van der Waals surface area contributed by atoms with Crippen LogP contribution in [0.1, 0.15) is 58.6 Å². The Morgan fingerprint density at radius 1 is 1.30 bits per heavy atom. The van der Waals surface area contributed by atoms with Crippen molar-refractivity contribution >= 4 is 0 Å². The van der Waals surface area contributed by atoms with E-state index in [1.54, 1.807) is 0 Å². The minimum Gasteiger partial charge on any atom is -0.377 e. The van der Waals surface area contributed by atoms with Crippen LogP contribution in [0.15, 0.2) is 24.5 Å². The lowest BCUT2D eigenvalue weighted by Gasteiger charge is -2.35. The summed E-state index contributed by atoms with van der Waals surface area (Å²) in [6.07, 6.45) is 7.42. The number of likely N-dealkylation sites (tertiary alicyclic amines) is 1. The molecule has 1 aromatic rings. The molecule has 1 aliphatic rings. The van der Waals surface area contributed by atoms with Crippen LogP contribution in [-0.2, 0) is 0 Å². The van der Waals surface area contributed by atoms with Crippen LogP contribution in [-0.4, -0.2) is 33.7 Å². The summed E-state index contributed by atoms with van der Waals surface area (Å²) >= 11 is 0. The van der Waals surface area contributed by atoms with Crippen LogP contribution in [0.2, 0.25) is 0 Å². The van der Waals surface area contributed by atoms with Crippen LogP contribution in [0.3, 0.4) is 0 Å². The Kier molecular flexibility index (Phi) is 6.21. The van der Waals surface area contributed by atoms with Gasteiger partial charge in [0.25, 0.3) is 0 Å². The van der Waals surface area contributed by atoms with E-state index in [2.05, 4.69) is 27.8 Å². The van der Waals surface area contributed by atoms with Gasteiger partial charge in [-0.05, 0) is 42.9 Å². The summed E-state index contributed by atoms with van der Waals surface area (Å²) < 4.78 is 0. The predicted octanol–water partition coefficient (Wildman–Crippen LogP) is 3.66. The monoisotopic (exact) mass is 314 g/mol. The normalized spacial score (nSPS) is 19.7. The van der Waals surface area contributed by atoms with Crippen LogP contribution >= 0.6 is 0 Å². The van der Waals surface area contributed by atoms with E-state index in [1.807, 2.05) is 46.2 Å². The summed E-state index contributed by atoms with van der Waals surface area (Å²) in [5.74, 6) is 6.69. The van der Waals surface area contributed by atoms with Crippen molar-refractivity contribution in [2.75, 3.05) is 13.1 Å². The van der Waals surface area contributed by atoms with E-state index in [4.69, 9.17) is 0 Å². The highest BCUT2D eigenvalue weighted by molar-refractivity contribution is 5.19. The van der Waals surface area contributed by atoms with Gasteiger partial charge >= 0.3 is 0 Å². The van der Waals surface area contributed by atoms with Crippen LogP contribution in [0, 0.1) is 23.7 Å². The smallest absolute Gasteiger partial charge is 0.130 e. The molecule has 1 unspecified atom stereocenters. The summed E-state index contributed by atoms with van der Waals surface area (Å²) in [5.41, 5.74) is 0.372. The van der Waals surface area contributed by atoms with Gasteiger partial charge in [-0.1, -0.05) is 52.0 Å². The molecule has 2 rings (SSSR count). The molecule has 1 atom stereocenters. The van der Waals surface area contributed by atoms with Gasteiger partial charge in [0.05, 0.1) is 6.54 Å². The maximum atomic E-state index is 10.8. The van der Waals surface area contributed by atoms with Gasteiger partial charge in [-0.25, -0.2) is 0 Å². The van der Waals surface area contributed by atoms with Gasteiger partial charge in [0.15, 0.2) is 0 Å². The summed E-state index contributed by atoms with van der Waals surface area (Å²) in [5, 5.41) is 10.8. The minimum absolute atomic E-state index is 0.130. The third-order valence-corrected chi connectivity index (χ3v) is 5.01. The molecule has 1 aliphatic heterocycles. The molecule has 3 heteroatoms. The van der Waals surface area contributed by atoms with Crippen molar-refractivity contribution in [3.63, 3.8) is 0 Å². The first-order valence-electron chi connectivity index (χ1n) is 8.81. The van der Waals surface area contributed by atoms with E-state index in [9.17, 15) is 5.11 Å². The molecule has 0 radical (unpaired) electrons. The molecule has 3 nitrogen and oxygen atoms in total. The number of piperidine rings is 1. The lowest BCUT2D eigenvalue weighted by Crippen LogP contribution is -2.39. The molecule has 0 aliphatic carbocycles. The van der Waals surface area contributed by atoms with Crippen molar-refractivity contribution in [3.05, 3.63) is 30.1 Å². The SMILES string of the molecule is CC(C)C(O)(C#CCN1CCCCC1c1cccnc1)C(C)C. The Morgan fingerprint density at radius 2 is 2.04 bits per heavy atom. The number of hydrogen-bond acceptors (Lipinski definition) is 3. The largest absolute Gasteiger partial charge is 0.377 e. The second-order valence-electron chi connectivity index (χ2n) is 7.20. The summed E-state index contributed by atoms with van der Waals surface area (Å²) in [4.78, 5) is 6.68. The van der Waals surface area contributed by atoms with Crippen molar-refractivity contribution in [1.82, 2.24) is 9.88 Å². The molecule has 2 heterocycles. The van der Waals surface area contributed by atoms with E-state index in [0.717, 1.165) is 13.0 Å². The maximum Gasteiger partial charge on any atom is 0.130 e. The van der Waals surface area contributed by atoms with Crippen molar-refractivity contribution in [3.8, 4) is 11.8 Å². The van der Waals surface area contributed by atoms with Crippen LogP contribution in [0.4, 0.5) is 0 Å². The molecule has 1 aromatic heterocycles. The van der Waals surface area contributed by atoms with Crippen molar-refractivity contribution in [2.24, 2.45) is 11.8 Å². The fourth-order valence-electron chi connectivity index (χ4n) is 3.37. The van der Waals surface area contributed by atoms with Crippen molar-refractivity contribution < 1.29 is 5.11 Å². The van der Waals surface area contributed by atoms with Gasteiger partial charge in [0.1, 0.15) is 5.60 Å². The maximum absolute atomic E-state index is 10.8. The minimum atomic E-state index is -0.903. The number of aliphatic hydroxyl groups is 1. The van der Waals surface area contributed by atoms with Gasteiger partial charge in [0, 0.05) is 18.4 Å². The molecule has 1 fully saturated rings. The van der Waals surface area contributed by atoms with Crippen molar-refractivity contribution in [2.45, 2.75) is 58.6 Å². The van der Waals surface area contributed by atoms with Gasteiger partial charge in [0.2, 0.25) is 0 Å². The highest BCUT2D eigenvalue weighted by Gasteiger charge is 2.32. The van der Waals surface area contributed by atoms with Gasteiger partial charge in [-0.15, -0.1) is 0 Å². The van der Waals surface area contributed by atoms with E-state index >= 15 is 0 Å². The van der Waals surface area contributed by atoms with Gasteiger partial charge < -0.3 is 5.11 Å². The first-order chi connectivity index (χ1) is 10.9. The fourth-order valence-corrected chi connectivity index (χ4v) is 3.37. The molecule has 0 saturated carbocycles. The zero-order valence-corrected chi connectivity index (χ0v) is 14.9. The molecule has 1 N–H and O–H groups in total. The third kappa shape index (κ3) is 4.34. The first kappa shape index (κ1) is 18.0. The number of hydrogen-bond donors (Lipinski definition) is 1. The Balaban J connectivity index is 2.10. The number of nitrogens with zero attached hydrogens (tertiary/aromatic N) is 2. The first-order valence-corrected chi connectivity index (χ1v) is 8.81. The second kappa shape index (κ2) is 7.95. The zero-order valence-electron chi connectivity index (χ0n) is 14.9. The lowest BCUT2D eigenvalue weighted by molar-refractivity contribution is 0.00910. The lowest BCUT2D eigenvalue weighted by atomic mass is 9.81. The average molecular weight is 314 g/mol. The molecule has 0 amide bonds. The molecular formula is C20H30N2O. The van der Waals surface area contributed by atoms with Crippen LogP contribution in [0.5, 0.6) is 0 Å². The predicted molar refractivity (Wildman–Crippen MR) is 94.8 cm³/mol. The fraction of sp³-hybridized carbons (Fsp3) is 0.650. The Hall–Kier alpha value is -1.37. The third-order valence-electron chi connectivity index (χ3n) is 5.01. The quantitative estimate of drug-likeness (QED) is 0.862.